The molecule has 3 amide bonds. The summed E-state index contributed by atoms with van der Waals surface area (Å²) < 4.78 is 5.70. The van der Waals surface area contributed by atoms with Gasteiger partial charge in [-0.05, 0) is 78.9 Å². The number of piperidine rings is 1. The molecule has 4 aliphatic heterocycles. The number of aromatic nitrogens is 3. The first-order valence-electron chi connectivity index (χ1n) is 20.4. The van der Waals surface area contributed by atoms with Crippen molar-refractivity contribution in [3.63, 3.8) is 0 Å². The number of hydrogen-bond donors (Lipinski definition) is 3. The van der Waals surface area contributed by atoms with Crippen molar-refractivity contribution >= 4 is 51.6 Å². The van der Waals surface area contributed by atoms with Gasteiger partial charge in [-0.15, -0.1) is 0 Å². The van der Waals surface area contributed by atoms with Gasteiger partial charge in [0, 0.05) is 105 Å². The SMILES string of the molecule is C=C1CCC(c2ccc(N3CCN(C(=O)CN4CCN(C(=O)c5ccc(Nc6ncc7ccc(-c8cnc9c(c8C)NCCO9)cc7n6)cc5)CC4)CC3)cc2)C(=O)N1. The van der Waals surface area contributed by atoms with E-state index in [0.29, 0.717) is 69.8 Å². The Bertz CT molecular complexity index is 2410. The Hall–Kier alpha value is -6.54. The number of fused-ring (bicyclic) bond motifs is 2. The Morgan fingerprint density at radius 2 is 1.66 bits per heavy atom. The summed E-state index contributed by atoms with van der Waals surface area (Å²) in [7, 11) is 0. The smallest absolute Gasteiger partial charge is 0.253 e. The van der Waals surface area contributed by atoms with E-state index in [9.17, 15) is 14.4 Å². The summed E-state index contributed by atoms with van der Waals surface area (Å²) in [6.45, 7) is 12.9. The van der Waals surface area contributed by atoms with Crippen molar-refractivity contribution < 1.29 is 19.1 Å². The number of nitrogens with zero attached hydrogens (tertiary/aromatic N) is 7. The van der Waals surface area contributed by atoms with Gasteiger partial charge >= 0.3 is 0 Å². The summed E-state index contributed by atoms with van der Waals surface area (Å²) in [6, 6.07) is 21.7. The van der Waals surface area contributed by atoms with E-state index in [-0.39, 0.29) is 23.6 Å². The van der Waals surface area contributed by atoms with Crippen molar-refractivity contribution in [1.29, 1.82) is 0 Å². The first kappa shape index (κ1) is 38.0. The van der Waals surface area contributed by atoms with E-state index >= 15 is 0 Å². The fraction of sp³-hybridized carbons (Fsp3) is 0.333. The van der Waals surface area contributed by atoms with Crippen LogP contribution in [0.2, 0.25) is 0 Å². The topological polar surface area (TPSA) is 148 Å². The normalized spacial score (nSPS) is 18.5. The van der Waals surface area contributed by atoms with Gasteiger partial charge in [0.1, 0.15) is 12.3 Å². The molecule has 14 nitrogen and oxygen atoms in total. The number of rotatable bonds is 8. The summed E-state index contributed by atoms with van der Waals surface area (Å²) >= 11 is 0. The second-order valence-corrected chi connectivity index (χ2v) is 15.6. The number of allylic oxidation sites excluding steroid dienone is 1. The minimum atomic E-state index is -0.142. The van der Waals surface area contributed by atoms with Gasteiger partial charge in [0.2, 0.25) is 23.6 Å². The van der Waals surface area contributed by atoms with Crippen molar-refractivity contribution in [3.8, 4) is 17.0 Å². The minimum absolute atomic E-state index is 0.0160. The van der Waals surface area contributed by atoms with E-state index < -0.39 is 0 Å². The number of nitrogens with one attached hydrogen (secondary N) is 3. The molecule has 0 saturated carbocycles. The van der Waals surface area contributed by atoms with Gasteiger partial charge in [0.25, 0.3) is 5.91 Å². The van der Waals surface area contributed by atoms with Crippen LogP contribution < -0.4 is 25.6 Å². The Labute approximate surface area is 343 Å². The number of anilines is 4. The van der Waals surface area contributed by atoms with Gasteiger partial charge < -0.3 is 35.4 Å². The molecule has 302 valence electrons. The molecule has 0 spiro atoms. The lowest BCUT2D eigenvalue weighted by Crippen LogP contribution is -2.54. The zero-order valence-electron chi connectivity index (χ0n) is 33.2. The zero-order valence-corrected chi connectivity index (χ0v) is 33.2. The van der Waals surface area contributed by atoms with Crippen LogP contribution in [0.1, 0.15) is 40.2 Å². The fourth-order valence-corrected chi connectivity index (χ4v) is 8.39. The monoisotopic (exact) mass is 792 g/mol. The molecule has 3 fully saturated rings. The number of benzene rings is 3. The summed E-state index contributed by atoms with van der Waals surface area (Å²) in [6.07, 6.45) is 5.22. The highest BCUT2D eigenvalue weighted by Gasteiger charge is 2.28. The fourth-order valence-electron chi connectivity index (χ4n) is 8.39. The molecule has 0 aliphatic carbocycles. The Morgan fingerprint density at radius 1 is 0.898 bits per heavy atom. The molecule has 9 rings (SSSR count). The first-order chi connectivity index (χ1) is 28.8. The quantitative estimate of drug-likeness (QED) is 0.192. The molecule has 3 N–H and O–H groups in total. The minimum Gasteiger partial charge on any atom is -0.474 e. The maximum absolute atomic E-state index is 13.5. The van der Waals surface area contributed by atoms with Crippen LogP contribution in [0.4, 0.5) is 23.0 Å². The summed E-state index contributed by atoms with van der Waals surface area (Å²) in [4.78, 5) is 61.3. The van der Waals surface area contributed by atoms with Crippen LogP contribution in [-0.2, 0) is 9.59 Å². The molecule has 0 radical (unpaired) electrons. The van der Waals surface area contributed by atoms with Crippen LogP contribution in [0.25, 0.3) is 22.0 Å². The number of carbonyl (C=O) groups excluding carboxylic acids is 3. The molecular formula is C45H48N10O4. The third-order valence-electron chi connectivity index (χ3n) is 11.9. The Morgan fingerprint density at radius 3 is 2.42 bits per heavy atom. The maximum atomic E-state index is 13.5. The van der Waals surface area contributed by atoms with Gasteiger partial charge in [-0.1, -0.05) is 30.8 Å². The molecule has 3 aromatic carbocycles. The van der Waals surface area contributed by atoms with Crippen LogP contribution >= 0.6 is 0 Å². The van der Waals surface area contributed by atoms with Crippen LogP contribution in [-0.4, -0.2) is 119 Å². The van der Waals surface area contributed by atoms with Gasteiger partial charge in [0.15, 0.2) is 0 Å². The molecule has 6 heterocycles. The van der Waals surface area contributed by atoms with Crippen LogP contribution in [0.3, 0.4) is 0 Å². The highest BCUT2D eigenvalue weighted by molar-refractivity contribution is 5.95. The molecule has 1 atom stereocenters. The molecule has 5 aromatic rings. The lowest BCUT2D eigenvalue weighted by molar-refractivity contribution is -0.133. The van der Waals surface area contributed by atoms with Crippen molar-refractivity contribution in [2.24, 2.45) is 0 Å². The van der Waals surface area contributed by atoms with Crippen molar-refractivity contribution in [1.82, 2.24) is 35.0 Å². The summed E-state index contributed by atoms with van der Waals surface area (Å²) in [5, 5.41) is 10.5. The molecule has 1 unspecified atom stereocenters. The standard InChI is InChI=1S/C45H48N10O4/c1-29-3-14-37(42(57)49-29)31-8-12-36(13-9-31)53-20-22-54(23-21-53)40(56)28-52-16-18-55(19-17-52)44(58)32-6-10-35(11-7-32)50-45-48-26-34-5-4-33(25-39(34)51-45)38-27-47-43-41(30(38)2)46-15-24-59-43/h4-13,25-27,37,46H,1,3,14-24,28H2,2H3,(H,49,57)(H,48,50,51). The molecule has 3 saturated heterocycles. The van der Waals surface area contributed by atoms with E-state index in [0.717, 1.165) is 88.4 Å². The lowest BCUT2D eigenvalue weighted by Gasteiger charge is -2.38. The molecule has 59 heavy (non-hydrogen) atoms. The third-order valence-corrected chi connectivity index (χ3v) is 11.9. The zero-order chi connectivity index (χ0) is 40.5. The average molecular weight is 793 g/mol. The number of ether oxygens (including phenoxy) is 1. The number of amides is 3. The average Bonchev–Trinajstić information content (AvgIpc) is 3.27. The van der Waals surface area contributed by atoms with Gasteiger partial charge in [-0.2, -0.15) is 0 Å². The predicted octanol–water partition coefficient (Wildman–Crippen LogP) is 5.16. The highest BCUT2D eigenvalue weighted by atomic mass is 16.5. The van der Waals surface area contributed by atoms with Crippen molar-refractivity contribution in [2.75, 3.05) is 87.6 Å². The van der Waals surface area contributed by atoms with E-state index in [1.54, 1.807) is 6.20 Å². The predicted molar refractivity (Wildman–Crippen MR) is 228 cm³/mol. The molecule has 0 bridgehead atoms. The molecular weight excluding hydrogens is 745 g/mol. The number of piperazine rings is 2. The second-order valence-electron chi connectivity index (χ2n) is 15.6. The Kier molecular flexibility index (Phi) is 10.5. The van der Waals surface area contributed by atoms with E-state index in [4.69, 9.17) is 9.72 Å². The molecule has 2 aromatic heterocycles. The summed E-state index contributed by atoms with van der Waals surface area (Å²) in [5.41, 5.74) is 9.12. The van der Waals surface area contributed by atoms with Gasteiger partial charge in [0.05, 0.1) is 18.0 Å². The van der Waals surface area contributed by atoms with E-state index in [2.05, 4.69) is 67.4 Å². The van der Waals surface area contributed by atoms with E-state index in [1.165, 1.54) is 0 Å². The van der Waals surface area contributed by atoms with Crippen LogP contribution in [0, 0.1) is 6.92 Å². The number of hydrogen-bond acceptors (Lipinski definition) is 11. The van der Waals surface area contributed by atoms with Crippen LogP contribution in [0.15, 0.2) is 91.4 Å². The highest BCUT2D eigenvalue weighted by Crippen LogP contribution is 2.36. The van der Waals surface area contributed by atoms with E-state index in [1.807, 2.05) is 64.5 Å². The number of carbonyl (C=O) groups is 3. The second kappa shape index (κ2) is 16.4. The lowest BCUT2D eigenvalue weighted by atomic mass is 9.90. The van der Waals surface area contributed by atoms with Gasteiger partial charge in [-0.3, -0.25) is 19.3 Å². The molecule has 4 aliphatic rings. The van der Waals surface area contributed by atoms with Crippen molar-refractivity contribution in [2.45, 2.75) is 25.7 Å². The summed E-state index contributed by atoms with van der Waals surface area (Å²) in [5.74, 6) is 1.07. The van der Waals surface area contributed by atoms with Crippen LogP contribution in [0.5, 0.6) is 5.88 Å². The largest absolute Gasteiger partial charge is 0.474 e. The number of pyridine rings is 1. The van der Waals surface area contributed by atoms with Gasteiger partial charge in [-0.25, -0.2) is 15.0 Å². The Balaban J connectivity index is 0.739. The van der Waals surface area contributed by atoms with Crippen molar-refractivity contribution in [3.05, 3.63) is 108 Å². The third kappa shape index (κ3) is 8.13. The molecule has 14 heteroatoms. The first-order valence-corrected chi connectivity index (χ1v) is 20.4. The maximum Gasteiger partial charge on any atom is 0.253 e.